The fourth-order valence-corrected chi connectivity index (χ4v) is 2.71. The smallest absolute Gasteiger partial charge is 0.222 e. The van der Waals surface area contributed by atoms with Gasteiger partial charge in [-0.3, -0.25) is 4.79 Å². The third kappa shape index (κ3) is 7.03. The van der Waals surface area contributed by atoms with Gasteiger partial charge in [0.1, 0.15) is 0 Å². The maximum Gasteiger partial charge on any atom is 0.222 e. The number of hydrogen-bond donors (Lipinski definition) is 0. The van der Waals surface area contributed by atoms with Crippen LogP contribution in [0.3, 0.4) is 0 Å². The Bertz CT molecular complexity index is 215. The van der Waals surface area contributed by atoms with Gasteiger partial charge in [0.05, 0.1) is 0 Å². The molecule has 0 radical (unpaired) electrons. The zero-order valence-corrected chi connectivity index (χ0v) is 12.3. The standard InChI is InChI=1S/C16H31NO/c1-2-3-4-5-8-11-14-17-15-12-9-6-7-10-13-16(17)18/h2-15H2,1H3. The molecule has 0 unspecified atom stereocenters. The molecule has 0 spiro atoms. The van der Waals surface area contributed by atoms with E-state index in [9.17, 15) is 4.79 Å². The van der Waals surface area contributed by atoms with Crippen LogP contribution in [0, 0.1) is 0 Å². The molecule has 0 aromatic heterocycles. The Labute approximate surface area is 113 Å². The highest BCUT2D eigenvalue weighted by atomic mass is 16.2. The lowest BCUT2D eigenvalue weighted by Crippen LogP contribution is -2.32. The van der Waals surface area contributed by atoms with Crippen molar-refractivity contribution < 1.29 is 4.79 Å². The van der Waals surface area contributed by atoms with E-state index >= 15 is 0 Å². The molecule has 1 amide bonds. The summed E-state index contributed by atoms with van der Waals surface area (Å²) in [6.07, 6.45) is 14.9. The Morgan fingerprint density at radius 2 is 1.56 bits per heavy atom. The molecule has 0 N–H and O–H groups in total. The molecule has 1 rings (SSSR count). The molecule has 1 aliphatic rings. The molecule has 1 fully saturated rings. The van der Waals surface area contributed by atoms with Gasteiger partial charge in [0, 0.05) is 19.5 Å². The van der Waals surface area contributed by atoms with E-state index < -0.39 is 0 Å². The number of hydrogen-bond acceptors (Lipinski definition) is 1. The minimum Gasteiger partial charge on any atom is -0.343 e. The van der Waals surface area contributed by atoms with Gasteiger partial charge in [-0.05, 0) is 19.3 Å². The zero-order chi connectivity index (χ0) is 13.1. The molecule has 0 aliphatic carbocycles. The van der Waals surface area contributed by atoms with E-state index in [-0.39, 0.29) is 0 Å². The molecule has 2 heteroatoms. The number of carbonyl (C=O) groups excluding carboxylic acids is 1. The summed E-state index contributed by atoms with van der Waals surface area (Å²) in [5, 5.41) is 0. The lowest BCUT2D eigenvalue weighted by Gasteiger charge is -2.22. The Hall–Kier alpha value is -0.530. The third-order valence-corrected chi connectivity index (χ3v) is 3.95. The van der Waals surface area contributed by atoms with E-state index in [4.69, 9.17) is 0 Å². The number of unbranched alkanes of at least 4 members (excludes halogenated alkanes) is 5. The Balaban J connectivity index is 2.14. The first-order valence-electron chi connectivity index (χ1n) is 8.12. The predicted molar refractivity (Wildman–Crippen MR) is 77.7 cm³/mol. The molecular weight excluding hydrogens is 222 g/mol. The second-order valence-electron chi connectivity index (χ2n) is 5.67. The molecular formula is C16H31NO. The molecule has 0 aromatic carbocycles. The van der Waals surface area contributed by atoms with Crippen molar-refractivity contribution in [1.82, 2.24) is 4.90 Å². The van der Waals surface area contributed by atoms with Gasteiger partial charge in [-0.2, -0.15) is 0 Å². The zero-order valence-electron chi connectivity index (χ0n) is 12.3. The van der Waals surface area contributed by atoms with Crippen LogP contribution in [0.4, 0.5) is 0 Å². The molecule has 2 nitrogen and oxygen atoms in total. The minimum atomic E-state index is 0.408. The first-order chi connectivity index (χ1) is 8.84. The van der Waals surface area contributed by atoms with Crippen LogP contribution in [-0.2, 0) is 4.79 Å². The summed E-state index contributed by atoms with van der Waals surface area (Å²) in [7, 11) is 0. The molecule has 106 valence electrons. The molecule has 0 aromatic rings. The number of nitrogens with zero attached hydrogens (tertiary/aromatic N) is 1. The largest absolute Gasteiger partial charge is 0.343 e. The Morgan fingerprint density at radius 3 is 2.39 bits per heavy atom. The average molecular weight is 253 g/mol. The van der Waals surface area contributed by atoms with Gasteiger partial charge >= 0.3 is 0 Å². The van der Waals surface area contributed by atoms with E-state index in [2.05, 4.69) is 11.8 Å². The van der Waals surface area contributed by atoms with Crippen molar-refractivity contribution in [3.8, 4) is 0 Å². The van der Waals surface area contributed by atoms with E-state index in [1.54, 1.807) is 0 Å². The lowest BCUT2D eigenvalue weighted by molar-refractivity contribution is -0.131. The maximum atomic E-state index is 12.0. The predicted octanol–water partition coefficient (Wildman–Crippen LogP) is 4.53. The van der Waals surface area contributed by atoms with Crippen molar-refractivity contribution in [1.29, 1.82) is 0 Å². The van der Waals surface area contributed by atoms with Gasteiger partial charge in [0.15, 0.2) is 0 Å². The normalized spacial score (nSPS) is 18.3. The van der Waals surface area contributed by atoms with Crippen molar-refractivity contribution >= 4 is 5.91 Å². The highest BCUT2D eigenvalue weighted by molar-refractivity contribution is 5.76. The van der Waals surface area contributed by atoms with Crippen LogP contribution in [0.5, 0.6) is 0 Å². The topological polar surface area (TPSA) is 20.3 Å². The van der Waals surface area contributed by atoms with Gasteiger partial charge in [-0.1, -0.05) is 58.3 Å². The molecule has 0 atom stereocenters. The first-order valence-corrected chi connectivity index (χ1v) is 8.12. The maximum absolute atomic E-state index is 12.0. The van der Waals surface area contributed by atoms with Crippen LogP contribution in [0.15, 0.2) is 0 Å². The Kier molecular flexibility index (Phi) is 8.97. The fourth-order valence-electron chi connectivity index (χ4n) is 2.71. The van der Waals surface area contributed by atoms with Gasteiger partial charge in [0.2, 0.25) is 5.91 Å². The molecule has 0 bridgehead atoms. The summed E-state index contributed by atoms with van der Waals surface area (Å²) in [5.74, 6) is 0.408. The van der Waals surface area contributed by atoms with Gasteiger partial charge < -0.3 is 4.90 Å². The highest BCUT2D eigenvalue weighted by Gasteiger charge is 2.13. The van der Waals surface area contributed by atoms with Crippen LogP contribution in [-0.4, -0.2) is 23.9 Å². The van der Waals surface area contributed by atoms with Gasteiger partial charge in [0.25, 0.3) is 0 Å². The van der Waals surface area contributed by atoms with Crippen LogP contribution in [0.25, 0.3) is 0 Å². The summed E-state index contributed by atoms with van der Waals surface area (Å²) in [5.41, 5.74) is 0. The van der Waals surface area contributed by atoms with Crippen LogP contribution >= 0.6 is 0 Å². The van der Waals surface area contributed by atoms with E-state index in [1.807, 2.05) is 0 Å². The highest BCUT2D eigenvalue weighted by Crippen LogP contribution is 2.13. The van der Waals surface area contributed by atoms with Crippen LogP contribution in [0.2, 0.25) is 0 Å². The second kappa shape index (κ2) is 10.4. The molecule has 0 saturated carbocycles. The SMILES string of the molecule is CCCCCCCCN1CCCCCCCC1=O. The van der Waals surface area contributed by atoms with Gasteiger partial charge in [-0.15, -0.1) is 0 Å². The number of amides is 1. The fraction of sp³-hybridized carbons (Fsp3) is 0.938. The summed E-state index contributed by atoms with van der Waals surface area (Å²) in [4.78, 5) is 14.1. The summed E-state index contributed by atoms with van der Waals surface area (Å²) in [6.45, 7) is 4.26. The van der Waals surface area contributed by atoms with Crippen molar-refractivity contribution in [3.63, 3.8) is 0 Å². The lowest BCUT2D eigenvalue weighted by atomic mass is 10.1. The number of rotatable bonds is 7. The van der Waals surface area contributed by atoms with E-state index in [1.165, 1.54) is 64.2 Å². The molecule has 1 aliphatic heterocycles. The van der Waals surface area contributed by atoms with Crippen LogP contribution in [0.1, 0.15) is 84.0 Å². The minimum absolute atomic E-state index is 0.408. The number of carbonyl (C=O) groups is 1. The molecule has 1 saturated heterocycles. The van der Waals surface area contributed by atoms with Crippen molar-refractivity contribution in [2.75, 3.05) is 13.1 Å². The van der Waals surface area contributed by atoms with Gasteiger partial charge in [-0.25, -0.2) is 0 Å². The first kappa shape index (κ1) is 15.5. The summed E-state index contributed by atoms with van der Waals surface area (Å²) >= 11 is 0. The molecule has 18 heavy (non-hydrogen) atoms. The van der Waals surface area contributed by atoms with Crippen molar-refractivity contribution in [2.45, 2.75) is 84.0 Å². The Morgan fingerprint density at radius 1 is 0.889 bits per heavy atom. The monoisotopic (exact) mass is 253 g/mol. The molecule has 1 heterocycles. The quantitative estimate of drug-likeness (QED) is 0.610. The second-order valence-corrected chi connectivity index (χ2v) is 5.67. The van der Waals surface area contributed by atoms with Crippen molar-refractivity contribution in [3.05, 3.63) is 0 Å². The van der Waals surface area contributed by atoms with Crippen molar-refractivity contribution in [2.24, 2.45) is 0 Å². The van der Waals surface area contributed by atoms with E-state index in [0.29, 0.717) is 5.91 Å². The van der Waals surface area contributed by atoms with Crippen LogP contribution < -0.4 is 0 Å². The summed E-state index contributed by atoms with van der Waals surface area (Å²) < 4.78 is 0. The third-order valence-electron chi connectivity index (χ3n) is 3.95. The summed E-state index contributed by atoms with van der Waals surface area (Å²) in [6, 6.07) is 0. The van der Waals surface area contributed by atoms with E-state index in [0.717, 1.165) is 25.9 Å². The average Bonchev–Trinajstić information content (AvgIpc) is 2.47.